The van der Waals surface area contributed by atoms with Gasteiger partial charge in [-0.15, -0.1) is 0 Å². The van der Waals surface area contributed by atoms with Crippen molar-refractivity contribution in [3.05, 3.63) is 127 Å². The second kappa shape index (κ2) is 26.0. The Hall–Kier alpha value is -6.92. The molecular formula is C58H63ClF9N9O13P2S. The summed E-state index contributed by atoms with van der Waals surface area (Å²) in [6.45, 7) is 8.76. The molecule has 1 fully saturated rings. The maximum Gasteiger partial charge on any atom is 0.530 e. The average molecular weight is 1390 g/mol. The molecule has 35 heteroatoms. The summed E-state index contributed by atoms with van der Waals surface area (Å²) >= 11 is 7.00. The fourth-order valence-electron chi connectivity index (χ4n) is 11.6. The lowest BCUT2D eigenvalue weighted by Gasteiger charge is -2.33. The fraction of sp³-hybridized carbons (Fsp3) is 0.466. The van der Waals surface area contributed by atoms with E-state index in [4.69, 9.17) is 39.0 Å². The van der Waals surface area contributed by atoms with Crippen LogP contribution in [0.5, 0.6) is 11.6 Å². The number of pyridine rings is 1. The highest BCUT2D eigenvalue weighted by molar-refractivity contribution is 7.92. The molecule has 3 atom stereocenters. The van der Waals surface area contributed by atoms with Crippen molar-refractivity contribution < 1.29 is 94.0 Å². The molecule has 4 heterocycles. The van der Waals surface area contributed by atoms with Crippen LogP contribution < -0.4 is 24.4 Å². The van der Waals surface area contributed by atoms with E-state index in [-0.39, 0.29) is 50.5 Å². The van der Waals surface area contributed by atoms with Crippen molar-refractivity contribution in [2.45, 2.75) is 135 Å². The van der Waals surface area contributed by atoms with Crippen LogP contribution in [0.25, 0.3) is 27.6 Å². The standard InChI is InChI=1S/C58H63ClF9N9O13P2S/c1-28(2)88-92(82,89-29(3)4)90-41-19-30(5)18-32(27-91(81,85-9)86-10)47(41)56(6,7)25-44(79)77(93(11,83)84)54-46-38(59)13-14-40(49(46)74(8)73-54)76-53(71-52-35(55(76)80)12-15-43(70-52)87-17-16-57(64,65)66)39(22-31-20-33(60)23-34(61)21-31)69-42(78)26-75-50-45(48(72-75)51(62)63)36-24-37(36)58(50,67)68/h12-15,18-21,23,28-29,36-37,39,51H,16-17,22,24-27H2,1-11H3,(H,69,78)/t36-,37+,39-/m0/s1. The van der Waals surface area contributed by atoms with Gasteiger partial charge >= 0.3 is 21.6 Å². The molecule has 2 aliphatic rings. The predicted molar refractivity (Wildman–Crippen MR) is 321 cm³/mol. The van der Waals surface area contributed by atoms with Crippen molar-refractivity contribution in [1.82, 2.24) is 39.4 Å². The maximum absolute atomic E-state index is 15.8. The molecule has 2 aliphatic carbocycles. The van der Waals surface area contributed by atoms with Crippen LogP contribution in [0.3, 0.4) is 0 Å². The molecule has 0 spiro atoms. The van der Waals surface area contributed by atoms with E-state index in [0.717, 1.165) is 53.8 Å². The highest BCUT2D eigenvalue weighted by Crippen LogP contribution is 2.68. The Morgan fingerprint density at radius 3 is 2.17 bits per heavy atom. The van der Waals surface area contributed by atoms with E-state index in [1.54, 1.807) is 40.7 Å². The number of sulfonamides is 1. The Bertz CT molecular complexity index is 4360. The van der Waals surface area contributed by atoms with Crippen molar-refractivity contribution >= 4 is 76.6 Å². The number of halogens is 10. The zero-order valence-electron chi connectivity index (χ0n) is 51.6. The summed E-state index contributed by atoms with van der Waals surface area (Å²) in [6.07, 6.45) is -12.4. The normalized spacial score (nSPS) is 16.2. The minimum atomic E-state index is -4.86. The summed E-state index contributed by atoms with van der Waals surface area (Å²) in [7, 11) is -9.88. The van der Waals surface area contributed by atoms with Gasteiger partial charge in [-0.3, -0.25) is 41.9 Å². The van der Waals surface area contributed by atoms with Gasteiger partial charge in [0.05, 0.1) is 70.7 Å². The van der Waals surface area contributed by atoms with Crippen LogP contribution in [-0.2, 0) is 84.4 Å². The minimum absolute atomic E-state index is 0.0454. The molecule has 3 aromatic carbocycles. The molecule has 0 aliphatic heterocycles. The van der Waals surface area contributed by atoms with E-state index in [1.807, 2.05) is 0 Å². The first-order valence-electron chi connectivity index (χ1n) is 28.5. The van der Waals surface area contributed by atoms with Crippen molar-refractivity contribution in [2.75, 3.05) is 31.4 Å². The third-order valence-electron chi connectivity index (χ3n) is 15.1. The molecule has 9 rings (SSSR count). The molecule has 4 aromatic heterocycles. The lowest BCUT2D eigenvalue weighted by Crippen LogP contribution is -2.40. The molecule has 93 heavy (non-hydrogen) atoms. The quantitative estimate of drug-likeness (QED) is 0.0390. The third kappa shape index (κ3) is 14.8. The first kappa shape index (κ1) is 70.4. The first-order chi connectivity index (χ1) is 43.2. The SMILES string of the molecule is COP(=O)(Cc1cc(C)cc(OP(=O)(OC(C)C)OC(C)C)c1C(C)(C)CC(=O)N(c1nn(C)c2c(-n3c([C@H](Cc4cc(F)cc(F)c4)NC(=O)Cn4nc(C(F)F)c5c4C(F)(F)[C@@H]4C[C@H]54)nc4nc(OCCC(F)(F)F)ccc4c3=O)ccc(Cl)c12)S(C)(=O)=O)OC. The van der Waals surface area contributed by atoms with E-state index >= 15 is 27.2 Å². The second-order valence-corrected chi connectivity index (χ2v) is 29.6. The number of benzene rings is 3. The van der Waals surface area contributed by atoms with Crippen molar-refractivity contribution in [3.8, 4) is 17.3 Å². The largest absolute Gasteiger partial charge is 0.530 e. The van der Waals surface area contributed by atoms with Gasteiger partial charge in [-0.25, -0.2) is 35.5 Å². The first-order valence-corrected chi connectivity index (χ1v) is 33.9. The molecule has 0 bridgehead atoms. The van der Waals surface area contributed by atoms with E-state index in [9.17, 15) is 44.3 Å². The van der Waals surface area contributed by atoms with Gasteiger partial charge in [0.2, 0.25) is 27.7 Å². The summed E-state index contributed by atoms with van der Waals surface area (Å²) in [5.74, 6) is -12.8. The fourth-order valence-corrected chi connectivity index (χ4v) is 15.3. The maximum atomic E-state index is 15.8. The zero-order valence-corrected chi connectivity index (χ0v) is 54.9. The van der Waals surface area contributed by atoms with Gasteiger partial charge in [-0.1, -0.05) is 31.5 Å². The molecular weight excluding hydrogens is 1330 g/mol. The Kier molecular flexibility index (Phi) is 19.7. The number of alkyl halides is 7. The van der Waals surface area contributed by atoms with E-state index in [1.165, 1.54) is 33.0 Å². The van der Waals surface area contributed by atoms with E-state index in [0.29, 0.717) is 26.9 Å². The van der Waals surface area contributed by atoms with Crippen LogP contribution >= 0.6 is 27.0 Å². The highest BCUT2D eigenvalue weighted by atomic mass is 35.5. The van der Waals surface area contributed by atoms with Gasteiger partial charge < -0.3 is 23.6 Å². The molecule has 22 nitrogen and oxygen atoms in total. The predicted octanol–water partition coefficient (Wildman–Crippen LogP) is 12.7. The molecule has 504 valence electrons. The van der Waals surface area contributed by atoms with Crippen LogP contribution in [0, 0.1) is 24.5 Å². The molecule has 0 unspecified atom stereocenters. The number of aryl methyl sites for hydroxylation is 2. The summed E-state index contributed by atoms with van der Waals surface area (Å²) in [4.78, 5) is 54.1. The van der Waals surface area contributed by atoms with Crippen LogP contribution in [-0.4, -0.2) is 99.8 Å². The topological polar surface area (TPSA) is 256 Å². The van der Waals surface area contributed by atoms with Crippen molar-refractivity contribution in [2.24, 2.45) is 13.0 Å². The zero-order chi connectivity index (χ0) is 68.6. The number of aromatic nitrogens is 7. The summed E-state index contributed by atoms with van der Waals surface area (Å²) in [5, 5.41) is 9.63. The smallest absolute Gasteiger partial charge is 0.477 e. The lowest BCUT2D eigenvalue weighted by atomic mass is 9.78. The van der Waals surface area contributed by atoms with Gasteiger partial charge in [0, 0.05) is 68.7 Å². The molecule has 0 radical (unpaired) electrons. The molecule has 1 N–H and O–H groups in total. The van der Waals surface area contributed by atoms with Crippen molar-refractivity contribution in [3.63, 3.8) is 0 Å². The number of hydrogen-bond acceptors (Lipinski definition) is 17. The number of carbonyl (C=O) groups is 2. The number of phosphoric acid groups is 1. The van der Waals surface area contributed by atoms with Crippen molar-refractivity contribution in [1.29, 1.82) is 0 Å². The number of ether oxygens (including phenoxy) is 1. The van der Waals surface area contributed by atoms with Gasteiger partial charge in [-0.2, -0.15) is 41.4 Å². The number of phosphoric ester groups is 1. The van der Waals surface area contributed by atoms with Crippen LogP contribution in [0.4, 0.5) is 45.3 Å². The van der Waals surface area contributed by atoms with Crippen LogP contribution in [0.1, 0.15) is 124 Å². The lowest BCUT2D eigenvalue weighted by molar-refractivity contribution is -0.139. The number of anilines is 1. The molecule has 2 amide bonds. The van der Waals surface area contributed by atoms with Gasteiger partial charge in [0.1, 0.15) is 41.1 Å². The number of amides is 2. The Balaban J connectivity index is 1.22. The molecule has 7 aromatic rings. The third-order valence-corrected chi connectivity index (χ3v) is 20.1. The number of rotatable bonds is 26. The van der Waals surface area contributed by atoms with E-state index in [2.05, 4.69) is 25.5 Å². The summed E-state index contributed by atoms with van der Waals surface area (Å²) in [5.41, 5.74) is -5.85. The Labute approximate surface area is 531 Å². The second-order valence-electron chi connectivity index (χ2n) is 23.6. The Morgan fingerprint density at radius 2 is 1.58 bits per heavy atom. The highest BCUT2D eigenvalue weighted by Gasteiger charge is 2.67. The average Bonchev–Trinajstić information content (AvgIpc) is 1.53. The van der Waals surface area contributed by atoms with E-state index < -0.39 is 193 Å². The van der Waals surface area contributed by atoms with Gasteiger partial charge in [0.15, 0.2) is 11.5 Å². The monoisotopic (exact) mass is 1390 g/mol. The minimum Gasteiger partial charge on any atom is -0.477 e. The summed E-state index contributed by atoms with van der Waals surface area (Å²) < 4.78 is 224. The number of nitrogens with zero attached hydrogens (tertiary/aromatic N) is 8. The van der Waals surface area contributed by atoms with Gasteiger partial charge in [-0.05, 0) is 100 Å². The van der Waals surface area contributed by atoms with Crippen LogP contribution in [0.15, 0.2) is 59.4 Å². The number of hydrogen-bond donors (Lipinski definition) is 1. The molecule has 1 saturated carbocycles. The number of carbonyl (C=O) groups excluding carboxylic acids is 2. The van der Waals surface area contributed by atoms with Gasteiger partial charge in [0.25, 0.3) is 17.9 Å². The number of nitrogens with one attached hydrogen (secondary N) is 1. The number of fused-ring (bicyclic) bond motifs is 5. The summed E-state index contributed by atoms with van der Waals surface area (Å²) in [6, 6.07) is 7.76. The Morgan fingerprint density at radius 1 is 0.935 bits per heavy atom. The van der Waals surface area contributed by atoms with Crippen LogP contribution in [0.2, 0.25) is 5.02 Å². The molecule has 0 saturated heterocycles.